The van der Waals surface area contributed by atoms with E-state index in [1.807, 2.05) is 0 Å². The van der Waals surface area contributed by atoms with Crippen molar-refractivity contribution >= 4 is 23.0 Å². The summed E-state index contributed by atoms with van der Waals surface area (Å²) in [6.07, 6.45) is 13.4. The molecule has 0 spiro atoms. The lowest BCUT2D eigenvalue weighted by Crippen LogP contribution is -2.43. The lowest BCUT2D eigenvalue weighted by atomic mass is 9.84. The van der Waals surface area contributed by atoms with Crippen molar-refractivity contribution in [3.8, 4) is 0 Å². The highest BCUT2D eigenvalue weighted by Gasteiger charge is 2.41. The molecule has 4 heteroatoms. The van der Waals surface area contributed by atoms with Crippen molar-refractivity contribution < 1.29 is 0 Å². The van der Waals surface area contributed by atoms with Crippen LogP contribution in [0.1, 0.15) is 117 Å². The highest BCUT2D eigenvalue weighted by Crippen LogP contribution is 2.38. The third kappa shape index (κ3) is 6.19. The van der Waals surface area contributed by atoms with Gasteiger partial charge in [-0.3, -0.25) is 9.98 Å². The van der Waals surface area contributed by atoms with E-state index < -0.39 is 0 Å². The number of hydrogen-bond donors (Lipinski definition) is 0. The van der Waals surface area contributed by atoms with E-state index in [1.165, 1.54) is 86.7 Å². The first kappa shape index (κ1) is 29.5. The zero-order chi connectivity index (χ0) is 29.5. The number of hydrogen-bond acceptors (Lipinski definition) is 4. The van der Waals surface area contributed by atoms with Crippen LogP contribution >= 0.6 is 0 Å². The lowest BCUT2D eigenvalue weighted by molar-refractivity contribution is 0.315. The maximum Gasteiger partial charge on any atom is 0.172 e. The highest BCUT2D eigenvalue weighted by atomic mass is 15.4. The molecule has 2 aromatic rings. The molecule has 2 aromatic carbocycles. The minimum Gasteiger partial charge on any atom is -0.321 e. The van der Waals surface area contributed by atoms with Crippen LogP contribution in [0.3, 0.4) is 0 Å². The molecule has 0 aromatic heterocycles. The van der Waals surface area contributed by atoms with Gasteiger partial charge >= 0.3 is 0 Å². The van der Waals surface area contributed by atoms with E-state index >= 15 is 0 Å². The quantitative estimate of drug-likeness (QED) is 0.361. The fourth-order valence-corrected chi connectivity index (χ4v) is 7.72. The Morgan fingerprint density at radius 1 is 0.548 bits per heavy atom. The molecule has 2 unspecified atom stereocenters. The molecule has 2 atom stereocenters. The fraction of sp³-hybridized carbons (Fsp3) is 0.632. The summed E-state index contributed by atoms with van der Waals surface area (Å²) in [6.45, 7) is 15.8. The van der Waals surface area contributed by atoms with Crippen LogP contribution in [0.15, 0.2) is 58.5 Å². The molecule has 2 aliphatic carbocycles. The smallest absolute Gasteiger partial charge is 0.172 e. The number of aliphatic imine (C=N–C) groups is 2. The minimum atomic E-state index is 0.103. The van der Waals surface area contributed by atoms with Crippen molar-refractivity contribution in [3.05, 3.63) is 59.7 Å². The predicted molar refractivity (Wildman–Crippen MR) is 181 cm³/mol. The van der Waals surface area contributed by atoms with Gasteiger partial charge in [0.2, 0.25) is 0 Å². The van der Waals surface area contributed by atoms with Crippen molar-refractivity contribution in [1.29, 1.82) is 0 Å². The molecule has 42 heavy (non-hydrogen) atoms. The topological polar surface area (TPSA) is 31.2 Å². The average molecular weight is 567 g/mol. The molecule has 4 nitrogen and oxygen atoms in total. The van der Waals surface area contributed by atoms with Crippen molar-refractivity contribution in [2.45, 2.75) is 129 Å². The maximum absolute atomic E-state index is 5.64. The van der Waals surface area contributed by atoms with Crippen LogP contribution < -0.4 is 9.80 Å². The van der Waals surface area contributed by atoms with Gasteiger partial charge < -0.3 is 9.80 Å². The number of anilines is 2. The van der Waals surface area contributed by atoms with Gasteiger partial charge in [0.05, 0.1) is 12.1 Å². The van der Waals surface area contributed by atoms with Gasteiger partial charge in [0.1, 0.15) is 0 Å². The largest absolute Gasteiger partial charge is 0.321 e. The van der Waals surface area contributed by atoms with Crippen LogP contribution in [0.2, 0.25) is 0 Å². The Balaban J connectivity index is 1.43. The monoisotopic (exact) mass is 566 g/mol. The molecule has 0 amide bonds. The highest BCUT2D eigenvalue weighted by molar-refractivity contribution is 6.50. The maximum atomic E-state index is 5.64. The average Bonchev–Trinajstić information content (AvgIpc) is 3.63. The molecular formula is C38H54N4. The molecule has 0 N–H and O–H groups in total. The van der Waals surface area contributed by atoms with Crippen LogP contribution in [0.25, 0.3) is 0 Å². The molecule has 2 aliphatic heterocycles. The third-order valence-electron chi connectivity index (χ3n) is 10.5. The second kappa shape index (κ2) is 11.8. The Morgan fingerprint density at radius 2 is 0.929 bits per heavy atom. The Kier molecular flexibility index (Phi) is 8.28. The van der Waals surface area contributed by atoms with Gasteiger partial charge in [0, 0.05) is 24.5 Å². The summed E-state index contributed by atoms with van der Waals surface area (Å²) >= 11 is 0. The van der Waals surface area contributed by atoms with E-state index in [0.29, 0.717) is 23.9 Å². The van der Waals surface area contributed by atoms with Gasteiger partial charge in [-0.05, 0) is 83.7 Å². The lowest BCUT2D eigenvalue weighted by Gasteiger charge is -2.30. The molecule has 2 heterocycles. The van der Waals surface area contributed by atoms with Crippen LogP contribution in [-0.2, 0) is 10.8 Å². The van der Waals surface area contributed by atoms with E-state index in [-0.39, 0.29) is 10.8 Å². The Hall–Kier alpha value is -2.62. The summed E-state index contributed by atoms with van der Waals surface area (Å²) in [5.41, 5.74) is 5.50. The zero-order valence-corrected chi connectivity index (χ0v) is 27.2. The van der Waals surface area contributed by atoms with Gasteiger partial charge in [-0.1, -0.05) is 104 Å². The fourth-order valence-electron chi connectivity index (χ4n) is 7.72. The van der Waals surface area contributed by atoms with Crippen molar-refractivity contribution in [2.24, 2.45) is 21.8 Å². The van der Waals surface area contributed by atoms with E-state index in [4.69, 9.17) is 9.98 Å². The minimum absolute atomic E-state index is 0.103. The van der Waals surface area contributed by atoms with Gasteiger partial charge in [0.15, 0.2) is 11.7 Å². The first-order valence-corrected chi connectivity index (χ1v) is 17.0. The second-order valence-corrected chi connectivity index (χ2v) is 15.7. The van der Waals surface area contributed by atoms with E-state index in [9.17, 15) is 0 Å². The first-order chi connectivity index (χ1) is 20.1. The summed E-state index contributed by atoms with van der Waals surface area (Å²) < 4.78 is 0. The second-order valence-electron chi connectivity index (χ2n) is 15.7. The Labute approximate surface area is 255 Å². The molecule has 0 radical (unpaired) electrons. The molecule has 0 bridgehead atoms. The number of rotatable bonds is 5. The van der Waals surface area contributed by atoms with Gasteiger partial charge in [0.25, 0.3) is 0 Å². The summed E-state index contributed by atoms with van der Waals surface area (Å²) in [5, 5.41) is 0. The van der Waals surface area contributed by atoms with Gasteiger partial charge in [-0.25, -0.2) is 0 Å². The molecular weight excluding hydrogens is 512 g/mol. The molecule has 4 aliphatic rings. The van der Waals surface area contributed by atoms with Crippen LogP contribution in [0.5, 0.6) is 0 Å². The first-order valence-electron chi connectivity index (χ1n) is 17.0. The third-order valence-corrected chi connectivity index (χ3v) is 10.5. The van der Waals surface area contributed by atoms with Gasteiger partial charge in [-0.15, -0.1) is 0 Å². The number of benzene rings is 2. The molecule has 226 valence electrons. The van der Waals surface area contributed by atoms with Crippen molar-refractivity contribution in [3.63, 3.8) is 0 Å². The van der Waals surface area contributed by atoms with E-state index in [2.05, 4.69) is 99.9 Å². The standard InChI is InChI=1S/C38H54N4/c1-37(2,3)29-19-13-21-31(23-29)41-25-33(27-15-9-7-10-16-27)39-35(41)36-40-34(28-17-11-8-12-18-28)26-42(36)32-22-14-20-30(24-32)38(4,5)6/h13-14,19-24,27-28,33-34H,7-12,15-18,25-26H2,1-6H3. The summed E-state index contributed by atoms with van der Waals surface area (Å²) in [5.74, 6) is 3.57. The summed E-state index contributed by atoms with van der Waals surface area (Å²) in [4.78, 5) is 16.4. The van der Waals surface area contributed by atoms with Crippen molar-refractivity contribution in [2.75, 3.05) is 22.9 Å². The number of nitrogens with zero attached hydrogens (tertiary/aromatic N) is 4. The van der Waals surface area contributed by atoms with E-state index in [0.717, 1.165) is 24.8 Å². The van der Waals surface area contributed by atoms with Crippen molar-refractivity contribution in [1.82, 2.24) is 0 Å². The molecule has 2 fully saturated rings. The summed E-state index contributed by atoms with van der Waals surface area (Å²) in [7, 11) is 0. The summed E-state index contributed by atoms with van der Waals surface area (Å²) in [6, 6.07) is 19.2. The predicted octanol–water partition coefficient (Wildman–Crippen LogP) is 9.32. The van der Waals surface area contributed by atoms with Crippen LogP contribution in [0, 0.1) is 11.8 Å². The molecule has 6 rings (SSSR count). The molecule has 0 saturated heterocycles. The Morgan fingerprint density at radius 3 is 1.29 bits per heavy atom. The molecule has 2 saturated carbocycles. The van der Waals surface area contributed by atoms with Crippen LogP contribution in [0.4, 0.5) is 11.4 Å². The zero-order valence-electron chi connectivity index (χ0n) is 27.2. The SMILES string of the molecule is CC(C)(C)c1cccc(N2CC(C3CCCCC3)N=C2C2=NC(C3CCCCC3)CN2c2cccc(C(C)(C)C)c2)c1. The van der Waals surface area contributed by atoms with Gasteiger partial charge in [-0.2, -0.15) is 0 Å². The Bertz CT molecular complexity index is 1200. The number of amidine groups is 2. The van der Waals surface area contributed by atoms with Crippen LogP contribution in [-0.4, -0.2) is 36.8 Å². The normalized spacial score (nSPS) is 24.7. The van der Waals surface area contributed by atoms with E-state index in [1.54, 1.807) is 0 Å².